The molecule has 0 spiro atoms. The summed E-state index contributed by atoms with van der Waals surface area (Å²) in [6, 6.07) is 6.27. The summed E-state index contributed by atoms with van der Waals surface area (Å²) >= 11 is 0. The Morgan fingerprint density at radius 2 is 2.00 bits per heavy atom. The highest BCUT2D eigenvalue weighted by atomic mass is 28.3. The second kappa shape index (κ2) is 4.70. The number of ether oxygens (including phenoxy) is 1. The predicted molar refractivity (Wildman–Crippen MR) is 67.0 cm³/mol. The SMILES string of the molecule is COc1cccc(C[Si](C)(C)C)c1C(=O)O. The van der Waals surface area contributed by atoms with Crippen molar-refractivity contribution in [1.82, 2.24) is 0 Å². The Labute approximate surface area is 97.1 Å². The molecule has 0 saturated carbocycles. The molecule has 0 heterocycles. The average Bonchev–Trinajstić information content (AvgIpc) is 2.14. The van der Waals surface area contributed by atoms with Gasteiger partial charge in [0, 0.05) is 8.07 Å². The van der Waals surface area contributed by atoms with E-state index in [-0.39, 0.29) is 0 Å². The van der Waals surface area contributed by atoms with Crippen LogP contribution in [0.2, 0.25) is 19.6 Å². The van der Waals surface area contributed by atoms with Gasteiger partial charge in [0.1, 0.15) is 11.3 Å². The minimum Gasteiger partial charge on any atom is -0.496 e. The maximum Gasteiger partial charge on any atom is 0.339 e. The van der Waals surface area contributed by atoms with Gasteiger partial charge in [-0.2, -0.15) is 0 Å². The van der Waals surface area contributed by atoms with E-state index in [1.54, 1.807) is 6.07 Å². The maximum absolute atomic E-state index is 11.2. The Kier molecular flexibility index (Phi) is 3.75. The molecule has 1 aromatic carbocycles. The molecule has 1 N–H and O–H groups in total. The zero-order chi connectivity index (χ0) is 12.3. The monoisotopic (exact) mass is 238 g/mol. The molecule has 4 heteroatoms. The summed E-state index contributed by atoms with van der Waals surface area (Å²) in [7, 11) is 0.170. The van der Waals surface area contributed by atoms with Crippen LogP contribution in [-0.2, 0) is 6.04 Å². The Morgan fingerprint density at radius 3 is 2.44 bits per heavy atom. The zero-order valence-electron chi connectivity index (χ0n) is 10.2. The van der Waals surface area contributed by atoms with Crippen molar-refractivity contribution in [3.63, 3.8) is 0 Å². The summed E-state index contributed by atoms with van der Waals surface area (Å²) in [6.07, 6.45) is 0. The number of aromatic carboxylic acids is 1. The van der Waals surface area contributed by atoms with Gasteiger partial charge in [-0.1, -0.05) is 31.8 Å². The normalized spacial score (nSPS) is 11.2. The van der Waals surface area contributed by atoms with Crippen molar-refractivity contribution in [3.8, 4) is 5.75 Å². The highest BCUT2D eigenvalue weighted by molar-refractivity contribution is 6.75. The topological polar surface area (TPSA) is 46.5 Å². The van der Waals surface area contributed by atoms with Crippen LogP contribution in [0.25, 0.3) is 0 Å². The van der Waals surface area contributed by atoms with Crippen LogP contribution in [0.3, 0.4) is 0 Å². The van der Waals surface area contributed by atoms with Crippen molar-refractivity contribution in [3.05, 3.63) is 29.3 Å². The molecule has 16 heavy (non-hydrogen) atoms. The van der Waals surface area contributed by atoms with Gasteiger partial charge in [-0.05, 0) is 17.7 Å². The van der Waals surface area contributed by atoms with E-state index in [2.05, 4.69) is 19.6 Å². The number of hydrogen-bond donors (Lipinski definition) is 1. The molecule has 0 aliphatic carbocycles. The first-order valence-corrected chi connectivity index (χ1v) is 8.95. The van der Waals surface area contributed by atoms with E-state index in [0.717, 1.165) is 11.6 Å². The van der Waals surface area contributed by atoms with Crippen molar-refractivity contribution in [2.45, 2.75) is 25.7 Å². The third-order valence-electron chi connectivity index (χ3n) is 2.27. The molecule has 0 bridgehead atoms. The molecule has 88 valence electrons. The van der Waals surface area contributed by atoms with E-state index in [4.69, 9.17) is 4.74 Å². The second-order valence-corrected chi connectivity index (χ2v) is 10.5. The molecule has 0 aliphatic heterocycles. The molecular formula is C12H18O3Si. The van der Waals surface area contributed by atoms with Crippen LogP contribution in [0.5, 0.6) is 5.75 Å². The molecular weight excluding hydrogens is 220 g/mol. The molecule has 0 fully saturated rings. The van der Waals surface area contributed by atoms with Gasteiger partial charge in [0.05, 0.1) is 7.11 Å². The highest BCUT2D eigenvalue weighted by Crippen LogP contribution is 2.25. The molecule has 1 aromatic rings. The van der Waals surface area contributed by atoms with E-state index < -0.39 is 14.0 Å². The van der Waals surface area contributed by atoms with Crippen molar-refractivity contribution in [1.29, 1.82) is 0 Å². The van der Waals surface area contributed by atoms with E-state index in [1.807, 2.05) is 12.1 Å². The Hall–Kier alpha value is -1.29. The fraction of sp³-hybridized carbons (Fsp3) is 0.417. The number of benzene rings is 1. The lowest BCUT2D eigenvalue weighted by atomic mass is 10.1. The maximum atomic E-state index is 11.2. The number of methoxy groups -OCH3 is 1. The quantitative estimate of drug-likeness (QED) is 0.820. The molecule has 0 saturated heterocycles. The van der Waals surface area contributed by atoms with Crippen LogP contribution in [0.1, 0.15) is 15.9 Å². The van der Waals surface area contributed by atoms with E-state index in [0.29, 0.717) is 11.3 Å². The molecule has 0 aliphatic rings. The van der Waals surface area contributed by atoms with Crippen LogP contribution < -0.4 is 4.74 Å². The lowest BCUT2D eigenvalue weighted by molar-refractivity contribution is 0.0692. The largest absolute Gasteiger partial charge is 0.496 e. The van der Waals surface area contributed by atoms with Gasteiger partial charge in [0.25, 0.3) is 0 Å². The third kappa shape index (κ3) is 3.10. The van der Waals surface area contributed by atoms with Gasteiger partial charge in [0.2, 0.25) is 0 Å². The summed E-state index contributed by atoms with van der Waals surface area (Å²) in [6.45, 7) is 6.66. The van der Waals surface area contributed by atoms with Gasteiger partial charge in [-0.25, -0.2) is 4.79 Å². The van der Waals surface area contributed by atoms with Gasteiger partial charge >= 0.3 is 5.97 Å². The first-order valence-electron chi connectivity index (χ1n) is 5.24. The molecule has 0 atom stereocenters. The second-order valence-electron chi connectivity index (χ2n) is 5.04. The number of carbonyl (C=O) groups is 1. The first-order chi connectivity index (χ1) is 7.35. The smallest absolute Gasteiger partial charge is 0.339 e. The predicted octanol–water partition coefficient (Wildman–Crippen LogP) is 2.81. The van der Waals surface area contributed by atoms with Gasteiger partial charge < -0.3 is 9.84 Å². The molecule has 0 unspecified atom stereocenters. The zero-order valence-corrected chi connectivity index (χ0v) is 11.2. The highest BCUT2D eigenvalue weighted by Gasteiger charge is 2.21. The van der Waals surface area contributed by atoms with Crippen molar-refractivity contribution in [2.24, 2.45) is 0 Å². The van der Waals surface area contributed by atoms with Crippen LogP contribution >= 0.6 is 0 Å². The van der Waals surface area contributed by atoms with Crippen molar-refractivity contribution >= 4 is 14.0 Å². The fourth-order valence-electron chi connectivity index (χ4n) is 1.71. The van der Waals surface area contributed by atoms with Crippen LogP contribution in [-0.4, -0.2) is 26.3 Å². The molecule has 3 nitrogen and oxygen atoms in total. The Bertz CT molecular complexity index is 394. The Morgan fingerprint density at radius 1 is 1.38 bits per heavy atom. The number of hydrogen-bond acceptors (Lipinski definition) is 2. The first kappa shape index (κ1) is 12.8. The van der Waals surface area contributed by atoms with E-state index in [1.165, 1.54) is 7.11 Å². The molecule has 0 aromatic heterocycles. The number of carboxylic acids is 1. The minimum atomic E-state index is -1.33. The summed E-state index contributed by atoms with van der Waals surface area (Å²) in [5, 5.41) is 9.21. The summed E-state index contributed by atoms with van der Waals surface area (Å²) in [4.78, 5) is 11.2. The van der Waals surface area contributed by atoms with Crippen molar-refractivity contribution < 1.29 is 14.6 Å². The summed E-state index contributed by atoms with van der Waals surface area (Å²) < 4.78 is 5.10. The van der Waals surface area contributed by atoms with Crippen LogP contribution in [0.4, 0.5) is 0 Å². The van der Waals surface area contributed by atoms with Gasteiger partial charge in [0.15, 0.2) is 0 Å². The van der Waals surface area contributed by atoms with Crippen molar-refractivity contribution in [2.75, 3.05) is 7.11 Å². The molecule has 0 amide bonds. The standard InChI is InChI=1S/C12H18O3Si/c1-15-10-7-5-6-9(8-16(2,3)4)11(10)12(13)14/h5-7H,8H2,1-4H3,(H,13,14). The number of rotatable bonds is 4. The fourth-order valence-corrected chi connectivity index (χ4v) is 3.15. The Balaban J connectivity index is 3.22. The third-order valence-corrected chi connectivity index (χ3v) is 3.71. The summed E-state index contributed by atoms with van der Waals surface area (Å²) in [5.74, 6) is -0.464. The lowest BCUT2D eigenvalue weighted by Gasteiger charge is -2.18. The van der Waals surface area contributed by atoms with E-state index in [9.17, 15) is 9.90 Å². The molecule has 1 rings (SSSR count). The summed E-state index contributed by atoms with van der Waals surface area (Å²) in [5.41, 5.74) is 1.19. The van der Waals surface area contributed by atoms with Crippen LogP contribution in [0, 0.1) is 0 Å². The lowest BCUT2D eigenvalue weighted by Crippen LogP contribution is -2.25. The van der Waals surface area contributed by atoms with Crippen LogP contribution in [0.15, 0.2) is 18.2 Å². The number of carboxylic acid groups (broad SMARTS) is 1. The average molecular weight is 238 g/mol. The van der Waals surface area contributed by atoms with Gasteiger partial charge in [-0.3, -0.25) is 0 Å². The van der Waals surface area contributed by atoms with Gasteiger partial charge in [-0.15, -0.1) is 0 Å². The molecule has 0 radical (unpaired) electrons. The minimum absolute atomic E-state index is 0.312. The van der Waals surface area contributed by atoms with E-state index >= 15 is 0 Å².